The van der Waals surface area contributed by atoms with Crippen molar-refractivity contribution >= 4 is 21.6 Å². The van der Waals surface area contributed by atoms with Crippen molar-refractivity contribution in [3.8, 4) is 0 Å². The summed E-state index contributed by atoms with van der Waals surface area (Å²) >= 11 is 0. The summed E-state index contributed by atoms with van der Waals surface area (Å²) in [6.07, 6.45) is 17.9. The number of hydrogen-bond acceptors (Lipinski definition) is 6. The summed E-state index contributed by atoms with van der Waals surface area (Å²) in [5, 5.41) is 36.0. The zero-order chi connectivity index (χ0) is 20.7. The fourth-order valence-corrected chi connectivity index (χ4v) is 5.44. The number of unbranched alkanes of at least 4 members (excludes halogenated alkanes) is 12. The lowest BCUT2D eigenvalue weighted by molar-refractivity contribution is 0.0859. The monoisotopic (exact) mass is 438 g/mol. The largest absolute Gasteiger partial charge is 0.394 e. The summed E-state index contributed by atoms with van der Waals surface area (Å²) < 4.78 is 0. The van der Waals surface area contributed by atoms with Crippen LogP contribution in [0.2, 0.25) is 0 Å². The van der Waals surface area contributed by atoms with Gasteiger partial charge in [0.25, 0.3) is 0 Å². The molecule has 2 unspecified atom stereocenters. The van der Waals surface area contributed by atoms with Crippen LogP contribution in [-0.4, -0.2) is 57.4 Å². The summed E-state index contributed by atoms with van der Waals surface area (Å²) in [5.74, 6) is 2.54. The molecule has 0 aromatic carbocycles. The Balaban J connectivity index is 3.03. The maximum atomic E-state index is 9.26. The Morgan fingerprint density at radius 1 is 0.429 bits per heavy atom. The standard InChI is InChI=1S/C22H46O4S2/c23-19-21(25)15-11-7-3-1-5-9-13-17-27-28-18-14-10-6-2-4-8-12-16-22(26)20-24/h21-26H,1-20H2. The van der Waals surface area contributed by atoms with Crippen molar-refractivity contribution in [2.24, 2.45) is 0 Å². The fraction of sp³-hybridized carbons (Fsp3) is 1.00. The van der Waals surface area contributed by atoms with E-state index in [1.807, 2.05) is 21.6 Å². The lowest BCUT2D eigenvalue weighted by Crippen LogP contribution is -2.10. The molecular formula is C22H46O4S2. The number of hydrogen-bond donors (Lipinski definition) is 4. The molecule has 4 N–H and O–H groups in total. The number of aliphatic hydroxyl groups excluding tert-OH is 4. The average Bonchev–Trinajstić information content (AvgIpc) is 2.71. The zero-order valence-corrected chi connectivity index (χ0v) is 19.5. The smallest absolute Gasteiger partial charge is 0.0770 e. The van der Waals surface area contributed by atoms with Gasteiger partial charge in [0.05, 0.1) is 25.4 Å². The normalized spacial score (nSPS) is 13.7. The van der Waals surface area contributed by atoms with Crippen molar-refractivity contribution in [3.63, 3.8) is 0 Å². The van der Waals surface area contributed by atoms with Gasteiger partial charge in [-0.2, -0.15) is 0 Å². The number of aliphatic hydroxyl groups is 4. The van der Waals surface area contributed by atoms with E-state index in [4.69, 9.17) is 10.2 Å². The van der Waals surface area contributed by atoms with Gasteiger partial charge in [0, 0.05) is 11.5 Å². The van der Waals surface area contributed by atoms with E-state index < -0.39 is 12.2 Å². The maximum Gasteiger partial charge on any atom is 0.0770 e. The minimum atomic E-state index is -0.516. The Labute approximate surface area is 181 Å². The molecule has 0 radical (unpaired) electrons. The van der Waals surface area contributed by atoms with E-state index in [9.17, 15) is 10.2 Å². The molecule has 4 nitrogen and oxygen atoms in total. The zero-order valence-electron chi connectivity index (χ0n) is 17.9. The van der Waals surface area contributed by atoms with Gasteiger partial charge in [-0.1, -0.05) is 98.6 Å². The van der Waals surface area contributed by atoms with Crippen LogP contribution in [0.5, 0.6) is 0 Å². The van der Waals surface area contributed by atoms with Gasteiger partial charge in [-0.05, 0) is 25.7 Å². The van der Waals surface area contributed by atoms with Crippen LogP contribution < -0.4 is 0 Å². The lowest BCUT2D eigenvalue weighted by Gasteiger charge is -2.06. The molecule has 0 amide bonds. The molecule has 2 atom stereocenters. The van der Waals surface area contributed by atoms with Gasteiger partial charge in [0.1, 0.15) is 0 Å². The highest BCUT2D eigenvalue weighted by Gasteiger charge is 2.01. The summed E-state index contributed by atoms with van der Waals surface area (Å²) in [5.41, 5.74) is 0. The molecule has 0 heterocycles. The second kappa shape index (κ2) is 23.8. The fourth-order valence-electron chi connectivity index (χ4n) is 3.15. The van der Waals surface area contributed by atoms with Crippen LogP contribution in [0.4, 0.5) is 0 Å². The molecule has 6 heteroatoms. The second-order valence-corrected chi connectivity index (χ2v) is 10.5. The molecule has 0 bridgehead atoms. The predicted molar refractivity (Wildman–Crippen MR) is 125 cm³/mol. The minimum Gasteiger partial charge on any atom is -0.394 e. The predicted octanol–water partition coefficient (Wildman–Crippen LogP) is 5.32. The van der Waals surface area contributed by atoms with Crippen LogP contribution in [0.1, 0.15) is 103 Å². The third-order valence-electron chi connectivity index (χ3n) is 5.03. The summed E-state index contributed by atoms with van der Waals surface area (Å²) in [6.45, 7) is -0.205. The molecular weight excluding hydrogens is 392 g/mol. The van der Waals surface area contributed by atoms with Crippen molar-refractivity contribution in [1.29, 1.82) is 0 Å². The molecule has 0 saturated carbocycles. The van der Waals surface area contributed by atoms with Gasteiger partial charge in [0.15, 0.2) is 0 Å². The Morgan fingerprint density at radius 2 is 0.714 bits per heavy atom. The number of rotatable bonds is 23. The van der Waals surface area contributed by atoms with Gasteiger partial charge in [-0.3, -0.25) is 0 Å². The quantitative estimate of drug-likeness (QED) is 0.128. The molecule has 0 aromatic heterocycles. The summed E-state index contributed by atoms with van der Waals surface area (Å²) in [4.78, 5) is 0. The Hall–Kier alpha value is 0.540. The van der Waals surface area contributed by atoms with Gasteiger partial charge >= 0.3 is 0 Å². The van der Waals surface area contributed by atoms with Gasteiger partial charge in [-0.15, -0.1) is 0 Å². The SMILES string of the molecule is OCC(O)CCCCCCCCCSSCCCCCCCCCC(O)CO. The lowest BCUT2D eigenvalue weighted by atomic mass is 10.1. The maximum absolute atomic E-state index is 9.26. The van der Waals surface area contributed by atoms with E-state index in [0.717, 1.165) is 25.7 Å². The molecule has 0 aliphatic heterocycles. The first-order chi connectivity index (χ1) is 13.7. The van der Waals surface area contributed by atoms with E-state index in [-0.39, 0.29) is 13.2 Å². The van der Waals surface area contributed by atoms with E-state index in [1.54, 1.807) is 0 Å². The van der Waals surface area contributed by atoms with Crippen LogP contribution in [0, 0.1) is 0 Å². The van der Waals surface area contributed by atoms with Crippen molar-refractivity contribution in [2.75, 3.05) is 24.7 Å². The highest BCUT2D eigenvalue weighted by atomic mass is 33.1. The van der Waals surface area contributed by atoms with E-state index in [2.05, 4.69) is 0 Å². The van der Waals surface area contributed by atoms with Crippen LogP contribution >= 0.6 is 21.6 Å². The van der Waals surface area contributed by atoms with E-state index in [0.29, 0.717) is 0 Å². The van der Waals surface area contributed by atoms with Crippen LogP contribution in [0.15, 0.2) is 0 Å². The van der Waals surface area contributed by atoms with E-state index >= 15 is 0 Å². The van der Waals surface area contributed by atoms with Crippen molar-refractivity contribution in [2.45, 2.75) is 115 Å². The molecule has 0 spiro atoms. The molecule has 0 aliphatic rings. The summed E-state index contributed by atoms with van der Waals surface area (Å²) in [6, 6.07) is 0. The molecule has 28 heavy (non-hydrogen) atoms. The van der Waals surface area contributed by atoms with Gasteiger partial charge in [-0.25, -0.2) is 0 Å². The van der Waals surface area contributed by atoms with E-state index in [1.165, 1.54) is 88.6 Å². The molecule has 0 rings (SSSR count). The molecule has 0 aliphatic carbocycles. The first-order valence-corrected chi connectivity index (χ1v) is 14.0. The average molecular weight is 439 g/mol. The topological polar surface area (TPSA) is 80.9 Å². The molecule has 170 valence electrons. The Bertz CT molecular complexity index is 268. The molecule has 0 saturated heterocycles. The third kappa shape index (κ3) is 22.8. The first-order valence-electron chi connectivity index (χ1n) is 11.5. The van der Waals surface area contributed by atoms with Gasteiger partial charge < -0.3 is 20.4 Å². The van der Waals surface area contributed by atoms with Crippen molar-refractivity contribution < 1.29 is 20.4 Å². The van der Waals surface area contributed by atoms with Crippen molar-refractivity contribution in [3.05, 3.63) is 0 Å². The Kier molecular flexibility index (Phi) is 24.3. The summed E-state index contributed by atoms with van der Waals surface area (Å²) in [7, 11) is 4.06. The van der Waals surface area contributed by atoms with Crippen LogP contribution in [0.3, 0.4) is 0 Å². The van der Waals surface area contributed by atoms with Crippen molar-refractivity contribution in [1.82, 2.24) is 0 Å². The first kappa shape index (κ1) is 28.5. The van der Waals surface area contributed by atoms with Crippen LogP contribution in [-0.2, 0) is 0 Å². The second-order valence-electron chi connectivity index (χ2n) is 7.84. The Morgan fingerprint density at radius 3 is 1.04 bits per heavy atom. The van der Waals surface area contributed by atoms with Crippen LogP contribution in [0.25, 0.3) is 0 Å². The molecule has 0 fully saturated rings. The van der Waals surface area contributed by atoms with Gasteiger partial charge in [0.2, 0.25) is 0 Å². The molecule has 0 aromatic rings. The highest BCUT2D eigenvalue weighted by molar-refractivity contribution is 8.76. The minimum absolute atomic E-state index is 0.102. The highest BCUT2D eigenvalue weighted by Crippen LogP contribution is 2.25. The third-order valence-corrected chi connectivity index (χ3v) is 7.61.